The van der Waals surface area contributed by atoms with E-state index >= 15 is 0 Å². The number of likely N-dealkylation sites (tertiary alicyclic amines) is 1. The zero-order chi connectivity index (χ0) is 13.3. The van der Waals surface area contributed by atoms with Gasteiger partial charge in [0, 0.05) is 13.1 Å². The minimum Gasteiger partial charge on any atom is -0.339 e. The van der Waals surface area contributed by atoms with Crippen molar-refractivity contribution in [3.05, 3.63) is 39.4 Å². The number of carbonyl (C=O) groups is 1. The van der Waals surface area contributed by atoms with Crippen molar-refractivity contribution in [2.45, 2.75) is 12.8 Å². The molecule has 18 heavy (non-hydrogen) atoms. The highest BCUT2D eigenvalue weighted by molar-refractivity contribution is 5.95. The molecule has 0 unspecified atom stereocenters. The second-order valence-electron chi connectivity index (χ2n) is 4.04. The average Bonchev–Trinajstić information content (AvgIpc) is 2.84. The van der Waals surface area contributed by atoms with Crippen LogP contribution in [-0.4, -0.2) is 28.8 Å². The standard InChI is InChI=1S/C11H10F2N2O3/c12-7-5-8(10(13)9(6-7)15(17)18)11(16)14-3-1-2-4-14/h5-6H,1-4H2. The smallest absolute Gasteiger partial charge is 0.308 e. The van der Waals surface area contributed by atoms with Crippen LogP contribution in [0.4, 0.5) is 14.5 Å². The maximum atomic E-state index is 13.8. The lowest BCUT2D eigenvalue weighted by Crippen LogP contribution is -2.28. The quantitative estimate of drug-likeness (QED) is 0.601. The summed E-state index contributed by atoms with van der Waals surface area (Å²) in [6, 6.07) is 1.17. The number of amides is 1. The highest BCUT2D eigenvalue weighted by Crippen LogP contribution is 2.24. The largest absolute Gasteiger partial charge is 0.339 e. The molecule has 1 aromatic rings. The maximum absolute atomic E-state index is 13.8. The van der Waals surface area contributed by atoms with Crippen LogP contribution in [0.3, 0.4) is 0 Å². The molecule has 5 nitrogen and oxygen atoms in total. The lowest BCUT2D eigenvalue weighted by Gasteiger charge is -2.15. The van der Waals surface area contributed by atoms with E-state index in [0.717, 1.165) is 12.8 Å². The van der Waals surface area contributed by atoms with Crippen LogP contribution in [0.1, 0.15) is 23.2 Å². The van der Waals surface area contributed by atoms with Gasteiger partial charge in [-0.1, -0.05) is 0 Å². The molecule has 1 amide bonds. The van der Waals surface area contributed by atoms with Crippen LogP contribution in [0.2, 0.25) is 0 Å². The number of nitro benzene ring substituents is 1. The van der Waals surface area contributed by atoms with Crippen molar-refractivity contribution in [2.75, 3.05) is 13.1 Å². The van der Waals surface area contributed by atoms with Gasteiger partial charge in [0.05, 0.1) is 16.6 Å². The average molecular weight is 256 g/mol. The molecule has 0 radical (unpaired) electrons. The minimum absolute atomic E-state index is 0.461. The lowest BCUT2D eigenvalue weighted by atomic mass is 10.1. The summed E-state index contributed by atoms with van der Waals surface area (Å²) in [5, 5.41) is 10.5. The van der Waals surface area contributed by atoms with Crippen LogP contribution in [0.15, 0.2) is 12.1 Å². The third-order valence-corrected chi connectivity index (χ3v) is 2.84. The molecule has 1 aliphatic rings. The number of hydrogen-bond acceptors (Lipinski definition) is 3. The Morgan fingerprint density at radius 1 is 1.28 bits per heavy atom. The van der Waals surface area contributed by atoms with E-state index in [0.29, 0.717) is 25.2 Å². The van der Waals surface area contributed by atoms with Gasteiger partial charge in [0.25, 0.3) is 5.91 Å². The first-order valence-electron chi connectivity index (χ1n) is 5.43. The van der Waals surface area contributed by atoms with Gasteiger partial charge in [-0.05, 0) is 18.9 Å². The molecule has 1 aromatic carbocycles. The Hall–Kier alpha value is -2.05. The first kappa shape index (κ1) is 12.4. The van der Waals surface area contributed by atoms with E-state index in [4.69, 9.17) is 0 Å². The van der Waals surface area contributed by atoms with Gasteiger partial charge in [0.15, 0.2) is 0 Å². The fraction of sp³-hybridized carbons (Fsp3) is 0.364. The summed E-state index contributed by atoms with van der Waals surface area (Å²) < 4.78 is 26.9. The van der Waals surface area contributed by atoms with Crippen LogP contribution < -0.4 is 0 Å². The second kappa shape index (κ2) is 4.67. The van der Waals surface area contributed by atoms with E-state index in [9.17, 15) is 23.7 Å². The summed E-state index contributed by atoms with van der Waals surface area (Å²) in [6.45, 7) is 0.922. The topological polar surface area (TPSA) is 63.4 Å². The zero-order valence-corrected chi connectivity index (χ0v) is 9.36. The van der Waals surface area contributed by atoms with E-state index in [2.05, 4.69) is 0 Å². The van der Waals surface area contributed by atoms with Crippen molar-refractivity contribution < 1.29 is 18.5 Å². The van der Waals surface area contributed by atoms with Crippen molar-refractivity contribution >= 4 is 11.6 Å². The fourth-order valence-electron chi connectivity index (χ4n) is 1.95. The second-order valence-corrected chi connectivity index (χ2v) is 4.04. The number of benzene rings is 1. The number of nitrogens with zero attached hydrogens (tertiary/aromatic N) is 2. The van der Waals surface area contributed by atoms with Gasteiger partial charge >= 0.3 is 5.69 Å². The normalized spacial score (nSPS) is 14.9. The third kappa shape index (κ3) is 2.15. The molecule has 0 aliphatic carbocycles. The van der Waals surface area contributed by atoms with Crippen LogP contribution in [0.5, 0.6) is 0 Å². The number of halogens is 2. The first-order chi connectivity index (χ1) is 8.50. The van der Waals surface area contributed by atoms with E-state index in [-0.39, 0.29) is 0 Å². The molecule has 0 saturated carbocycles. The van der Waals surface area contributed by atoms with Crippen molar-refractivity contribution in [3.63, 3.8) is 0 Å². The van der Waals surface area contributed by atoms with E-state index in [1.807, 2.05) is 0 Å². The van der Waals surface area contributed by atoms with Gasteiger partial charge in [0.2, 0.25) is 5.82 Å². The third-order valence-electron chi connectivity index (χ3n) is 2.84. The molecule has 0 N–H and O–H groups in total. The molecular weight excluding hydrogens is 246 g/mol. The Labute approximate surface area is 101 Å². The van der Waals surface area contributed by atoms with Crippen LogP contribution >= 0.6 is 0 Å². The zero-order valence-electron chi connectivity index (χ0n) is 9.36. The summed E-state index contributed by atoms with van der Waals surface area (Å²) in [6.07, 6.45) is 1.59. The molecule has 0 aromatic heterocycles. The Morgan fingerprint density at radius 3 is 2.44 bits per heavy atom. The summed E-state index contributed by atoms with van der Waals surface area (Å²) in [5.41, 5.74) is -1.60. The first-order valence-corrected chi connectivity index (χ1v) is 5.43. The Kier molecular flexibility index (Phi) is 3.22. The summed E-state index contributed by atoms with van der Waals surface area (Å²) >= 11 is 0. The number of rotatable bonds is 2. The molecule has 7 heteroatoms. The van der Waals surface area contributed by atoms with Crippen molar-refractivity contribution in [3.8, 4) is 0 Å². The molecule has 96 valence electrons. The fourth-order valence-corrected chi connectivity index (χ4v) is 1.95. The molecule has 0 spiro atoms. The lowest BCUT2D eigenvalue weighted by molar-refractivity contribution is -0.387. The predicted octanol–water partition coefficient (Wildman–Crippen LogP) is 2.11. The Bertz CT molecular complexity index is 513. The summed E-state index contributed by atoms with van der Waals surface area (Å²) in [7, 11) is 0. The maximum Gasteiger partial charge on any atom is 0.308 e. The van der Waals surface area contributed by atoms with E-state index < -0.39 is 33.7 Å². The molecular formula is C11H10F2N2O3. The molecule has 1 aliphatic heterocycles. The highest BCUT2D eigenvalue weighted by atomic mass is 19.1. The summed E-state index contributed by atoms with van der Waals surface area (Å²) in [4.78, 5) is 22.8. The molecule has 0 atom stereocenters. The van der Waals surface area contributed by atoms with E-state index in [1.54, 1.807) is 0 Å². The van der Waals surface area contributed by atoms with Crippen LogP contribution in [0, 0.1) is 21.7 Å². The predicted molar refractivity (Wildman–Crippen MR) is 58.1 cm³/mol. The van der Waals surface area contributed by atoms with Gasteiger partial charge in [-0.2, -0.15) is 4.39 Å². The van der Waals surface area contributed by atoms with Crippen molar-refractivity contribution in [1.82, 2.24) is 4.90 Å². The highest BCUT2D eigenvalue weighted by Gasteiger charge is 2.28. The molecule has 0 bridgehead atoms. The molecule has 1 fully saturated rings. The van der Waals surface area contributed by atoms with Gasteiger partial charge in [-0.3, -0.25) is 14.9 Å². The minimum atomic E-state index is -1.28. The van der Waals surface area contributed by atoms with E-state index in [1.165, 1.54) is 4.90 Å². The van der Waals surface area contributed by atoms with Crippen LogP contribution in [-0.2, 0) is 0 Å². The monoisotopic (exact) mass is 256 g/mol. The van der Waals surface area contributed by atoms with Crippen molar-refractivity contribution in [1.29, 1.82) is 0 Å². The Morgan fingerprint density at radius 2 is 1.89 bits per heavy atom. The number of hydrogen-bond donors (Lipinski definition) is 0. The molecule has 1 heterocycles. The van der Waals surface area contributed by atoms with Gasteiger partial charge in [0.1, 0.15) is 5.82 Å². The van der Waals surface area contributed by atoms with Gasteiger partial charge in [-0.25, -0.2) is 4.39 Å². The molecule has 2 rings (SSSR count). The Balaban J connectivity index is 2.43. The summed E-state index contributed by atoms with van der Waals surface area (Å²) in [5.74, 6) is -2.98. The van der Waals surface area contributed by atoms with Crippen LogP contribution in [0.25, 0.3) is 0 Å². The molecule has 1 saturated heterocycles. The number of carbonyl (C=O) groups excluding carboxylic acids is 1. The SMILES string of the molecule is O=C(c1cc(F)cc([N+](=O)[O-])c1F)N1CCCC1. The van der Waals surface area contributed by atoms with Gasteiger partial charge < -0.3 is 4.90 Å². The van der Waals surface area contributed by atoms with Gasteiger partial charge in [-0.15, -0.1) is 0 Å². The van der Waals surface area contributed by atoms with Crippen molar-refractivity contribution in [2.24, 2.45) is 0 Å². The number of nitro groups is 1.